The molecule has 0 aliphatic carbocycles. The highest BCUT2D eigenvalue weighted by molar-refractivity contribution is 7.12. The lowest BCUT2D eigenvalue weighted by Gasteiger charge is -2.37. The molecule has 0 unspecified atom stereocenters. The SMILES string of the molecule is CN(Cc1ccccc1)[C@H]1CCCN(Cc2ccc(C#CC(C)(C)O)s2)C1. The van der Waals surface area contributed by atoms with Gasteiger partial charge in [0.25, 0.3) is 0 Å². The number of hydrogen-bond acceptors (Lipinski definition) is 4. The van der Waals surface area contributed by atoms with Crippen molar-refractivity contribution in [3.8, 4) is 11.8 Å². The number of hydrogen-bond donors (Lipinski definition) is 1. The van der Waals surface area contributed by atoms with Gasteiger partial charge in [0.05, 0.1) is 4.88 Å². The predicted octanol–water partition coefficient (Wildman–Crippen LogP) is 3.97. The van der Waals surface area contributed by atoms with E-state index in [1.165, 1.54) is 23.3 Å². The van der Waals surface area contributed by atoms with Gasteiger partial charge in [0.1, 0.15) is 5.60 Å². The minimum atomic E-state index is -0.937. The van der Waals surface area contributed by atoms with Crippen LogP contribution in [0, 0.1) is 11.8 Å². The van der Waals surface area contributed by atoms with Crippen molar-refractivity contribution in [3.63, 3.8) is 0 Å². The lowest BCUT2D eigenvalue weighted by atomic mass is 10.0. The quantitative estimate of drug-likeness (QED) is 0.793. The van der Waals surface area contributed by atoms with Crippen LogP contribution in [0.1, 0.15) is 42.0 Å². The average molecular weight is 383 g/mol. The Bertz CT molecular complexity index is 782. The summed E-state index contributed by atoms with van der Waals surface area (Å²) in [5.74, 6) is 5.98. The molecule has 1 aliphatic heterocycles. The second-order valence-electron chi connectivity index (χ2n) is 8.01. The molecule has 1 N–H and O–H groups in total. The van der Waals surface area contributed by atoms with E-state index in [-0.39, 0.29) is 0 Å². The third-order valence-electron chi connectivity index (χ3n) is 4.91. The summed E-state index contributed by atoms with van der Waals surface area (Å²) >= 11 is 1.74. The van der Waals surface area contributed by atoms with Crippen molar-refractivity contribution >= 4 is 11.3 Å². The number of piperidine rings is 1. The van der Waals surface area contributed by atoms with Crippen LogP contribution in [-0.4, -0.2) is 46.7 Å². The molecule has 3 nitrogen and oxygen atoms in total. The van der Waals surface area contributed by atoms with Gasteiger partial charge in [-0.25, -0.2) is 0 Å². The van der Waals surface area contributed by atoms with Crippen LogP contribution < -0.4 is 0 Å². The molecule has 1 aromatic carbocycles. The highest BCUT2D eigenvalue weighted by Gasteiger charge is 2.23. The molecule has 0 saturated carbocycles. The van der Waals surface area contributed by atoms with Crippen LogP contribution >= 0.6 is 11.3 Å². The first-order valence-electron chi connectivity index (χ1n) is 9.70. The zero-order valence-electron chi connectivity index (χ0n) is 16.6. The molecular formula is C23H30N2OS. The van der Waals surface area contributed by atoms with Gasteiger partial charge in [-0.2, -0.15) is 0 Å². The first kappa shape index (κ1) is 20.1. The Morgan fingerprint density at radius 3 is 2.74 bits per heavy atom. The summed E-state index contributed by atoms with van der Waals surface area (Å²) in [5.41, 5.74) is 0.443. The van der Waals surface area contributed by atoms with E-state index < -0.39 is 5.60 Å². The van der Waals surface area contributed by atoms with E-state index in [2.05, 4.69) is 71.2 Å². The van der Waals surface area contributed by atoms with Gasteiger partial charge < -0.3 is 5.11 Å². The highest BCUT2D eigenvalue weighted by Crippen LogP contribution is 2.22. The topological polar surface area (TPSA) is 26.7 Å². The number of likely N-dealkylation sites (tertiary alicyclic amines) is 1. The Balaban J connectivity index is 1.55. The van der Waals surface area contributed by atoms with Crippen molar-refractivity contribution in [1.82, 2.24) is 9.80 Å². The third kappa shape index (κ3) is 6.48. The summed E-state index contributed by atoms with van der Waals surface area (Å²) in [5, 5.41) is 9.75. The van der Waals surface area contributed by atoms with Crippen LogP contribution in [0.15, 0.2) is 42.5 Å². The van der Waals surface area contributed by atoms with Crippen LogP contribution in [-0.2, 0) is 13.1 Å². The maximum Gasteiger partial charge on any atom is 0.120 e. The van der Waals surface area contributed by atoms with Gasteiger partial charge in [0, 0.05) is 30.6 Å². The molecule has 1 aliphatic rings. The number of rotatable bonds is 5. The summed E-state index contributed by atoms with van der Waals surface area (Å²) in [7, 11) is 2.25. The Labute approximate surface area is 167 Å². The van der Waals surface area contributed by atoms with Gasteiger partial charge in [0.15, 0.2) is 0 Å². The summed E-state index contributed by atoms with van der Waals surface area (Å²) < 4.78 is 0. The molecular weight excluding hydrogens is 352 g/mol. The minimum absolute atomic E-state index is 0.605. The highest BCUT2D eigenvalue weighted by atomic mass is 32.1. The number of benzene rings is 1. The van der Waals surface area contributed by atoms with Gasteiger partial charge in [-0.05, 0) is 58.0 Å². The van der Waals surface area contributed by atoms with Gasteiger partial charge in [-0.3, -0.25) is 9.80 Å². The first-order valence-corrected chi connectivity index (χ1v) is 10.5. The van der Waals surface area contributed by atoms with E-state index >= 15 is 0 Å². The van der Waals surface area contributed by atoms with Crippen molar-refractivity contribution in [3.05, 3.63) is 57.8 Å². The molecule has 144 valence electrons. The van der Waals surface area contributed by atoms with Crippen molar-refractivity contribution in [2.75, 3.05) is 20.1 Å². The third-order valence-corrected chi connectivity index (χ3v) is 5.90. The van der Waals surface area contributed by atoms with Crippen molar-refractivity contribution in [2.45, 2.75) is 51.4 Å². The van der Waals surface area contributed by atoms with Gasteiger partial charge >= 0.3 is 0 Å². The van der Waals surface area contributed by atoms with E-state index in [1.807, 2.05) is 0 Å². The van der Waals surface area contributed by atoms with Crippen molar-refractivity contribution in [1.29, 1.82) is 0 Å². The largest absolute Gasteiger partial charge is 0.378 e. The fraction of sp³-hybridized carbons (Fsp3) is 0.478. The normalized spacial score (nSPS) is 18.3. The first-order chi connectivity index (χ1) is 12.9. The number of nitrogens with zero attached hydrogens (tertiary/aromatic N) is 2. The van der Waals surface area contributed by atoms with E-state index in [1.54, 1.807) is 25.2 Å². The molecule has 0 spiro atoms. The van der Waals surface area contributed by atoms with Gasteiger partial charge in [0.2, 0.25) is 0 Å². The summed E-state index contributed by atoms with van der Waals surface area (Å²) in [4.78, 5) is 7.44. The molecule has 1 atom stereocenters. The van der Waals surface area contributed by atoms with E-state index in [0.29, 0.717) is 6.04 Å². The van der Waals surface area contributed by atoms with Crippen LogP contribution in [0.5, 0.6) is 0 Å². The molecule has 4 heteroatoms. The van der Waals surface area contributed by atoms with E-state index in [9.17, 15) is 5.11 Å². The molecule has 2 heterocycles. The number of likely N-dealkylation sites (N-methyl/N-ethyl adjacent to an activating group) is 1. The fourth-order valence-corrected chi connectivity index (χ4v) is 4.40. The molecule has 1 saturated heterocycles. The van der Waals surface area contributed by atoms with Crippen molar-refractivity contribution in [2.24, 2.45) is 0 Å². The van der Waals surface area contributed by atoms with E-state index in [0.717, 1.165) is 31.1 Å². The molecule has 0 amide bonds. The zero-order valence-corrected chi connectivity index (χ0v) is 17.4. The fourth-order valence-electron chi connectivity index (χ4n) is 3.50. The second-order valence-corrected chi connectivity index (χ2v) is 9.18. The smallest absolute Gasteiger partial charge is 0.120 e. The number of aliphatic hydroxyl groups is 1. The molecule has 0 bridgehead atoms. The Morgan fingerprint density at radius 2 is 2.00 bits per heavy atom. The predicted molar refractivity (Wildman–Crippen MR) is 114 cm³/mol. The van der Waals surface area contributed by atoms with E-state index in [4.69, 9.17) is 0 Å². The Hall–Kier alpha value is -1.64. The maximum absolute atomic E-state index is 9.75. The van der Waals surface area contributed by atoms with Crippen LogP contribution in [0.25, 0.3) is 0 Å². The number of thiophene rings is 1. The average Bonchev–Trinajstić information content (AvgIpc) is 3.08. The second kappa shape index (κ2) is 9.03. The van der Waals surface area contributed by atoms with Gasteiger partial charge in [-0.1, -0.05) is 42.2 Å². The lowest BCUT2D eigenvalue weighted by Crippen LogP contribution is -2.45. The lowest BCUT2D eigenvalue weighted by molar-refractivity contribution is 0.108. The maximum atomic E-state index is 9.75. The summed E-state index contributed by atoms with van der Waals surface area (Å²) in [6, 6.07) is 15.6. The monoisotopic (exact) mass is 382 g/mol. The van der Waals surface area contributed by atoms with Crippen LogP contribution in [0.4, 0.5) is 0 Å². The molecule has 2 aromatic rings. The molecule has 0 radical (unpaired) electrons. The minimum Gasteiger partial charge on any atom is -0.378 e. The van der Waals surface area contributed by atoms with Crippen LogP contribution in [0.3, 0.4) is 0 Å². The molecule has 1 fully saturated rings. The zero-order chi connectivity index (χ0) is 19.3. The van der Waals surface area contributed by atoms with Crippen molar-refractivity contribution < 1.29 is 5.11 Å². The Morgan fingerprint density at radius 1 is 1.22 bits per heavy atom. The summed E-state index contributed by atoms with van der Waals surface area (Å²) in [6.45, 7) is 7.71. The standard InChI is InChI=1S/C23H30N2OS/c1-23(2,26)14-13-21-11-12-22(27-21)18-25-15-7-10-20(17-25)24(3)16-19-8-5-4-6-9-19/h4-6,8-9,11-12,20,26H,7,10,15-18H2,1-3H3/t20-/m0/s1. The van der Waals surface area contributed by atoms with Crippen LogP contribution in [0.2, 0.25) is 0 Å². The van der Waals surface area contributed by atoms with Gasteiger partial charge in [-0.15, -0.1) is 11.3 Å². The molecule has 27 heavy (non-hydrogen) atoms. The summed E-state index contributed by atoms with van der Waals surface area (Å²) in [6.07, 6.45) is 2.52. The Kier molecular flexibility index (Phi) is 6.73. The molecule has 3 rings (SSSR count). The molecule has 1 aromatic heterocycles.